The van der Waals surface area contributed by atoms with Crippen LogP contribution in [0.4, 0.5) is 5.69 Å². The van der Waals surface area contributed by atoms with E-state index in [1.54, 1.807) is 10.8 Å². The predicted octanol–water partition coefficient (Wildman–Crippen LogP) is 2.05. The maximum absolute atomic E-state index is 11.1. The van der Waals surface area contributed by atoms with Crippen molar-refractivity contribution in [3.8, 4) is 11.7 Å². The van der Waals surface area contributed by atoms with Crippen molar-refractivity contribution in [2.75, 3.05) is 7.11 Å². The van der Waals surface area contributed by atoms with E-state index in [1.165, 1.54) is 19.2 Å². The third-order valence-electron chi connectivity index (χ3n) is 2.68. The molecule has 2 rings (SSSR count). The lowest BCUT2D eigenvalue weighted by Crippen LogP contribution is -2.06. The van der Waals surface area contributed by atoms with Crippen molar-refractivity contribution < 1.29 is 9.66 Å². The van der Waals surface area contributed by atoms with Gasteiger partial charge >= 0.3 is 5.69 Å². The quantitative estimate of drug-likeness (QED) is 0.622. The topological polar surface area (TPSA) is 83.1 Å². The first kappa shape index (κ1) is 13.0. The highest BCUT2D eigenvalue weighted by Gasteiger charge is 2.20. The van der Waals surface area contributed by atoms with Crippen molar-refractivity contribution >= 4 is 5.69 Å². The molecular formula is C12H14N4O3. The average Bonchev–Trinajstić information content (AvgIpc) is 2.79. The third kappa shape index (κ3) is 2.40. The molecule has 0 bridgehead atoms. The van der Waals surface area contributed by atoms with Crippen LogP contribution in [0.15, 0.2) is 18.3 Å². The molecule has 2 aromatic rings. The van der Waals surface area contributed by atoms with Gasteiger partial charge in [-0.2, -0.15) is 4.98 Å². The van der Waals surface area contributed by atoms with Crippen molar-refractivity contribution in [2.45, 2.75) is 20.3 Å². The van der Waals surface area contributed by atoms with E-state index in [9.17, 15) is 10.1 Å². The van der Waals surface area contributed by atoms with Crippen LogP contribution in [0.2, 0.25) is 0 Å². The fourth-order valence-corrected chi connectivity index (χ4v) is 1.84. The van der Waals surface area contributed by atoms with Crippen molar-refractivity contribution in [3.63, 3.8) is 0 Å². The van der Waals surface area contributed by atoms with E-state index in [-0.39, 0.29) is 11.5 Å². The maximum atomic E-state index is 11.1. The summed E-state index contributed by atoms with van der Waals surface area (Å²) in [5.74, 6) is 1.28. The summed E-state index contributed by atoms with van der Waals surface area (Å²) in [5.41, 5.74) is 0.712. The maximum Gasteiger partial charge on any atom is 0.312 e. The molecule has 0 aliphatic carbocycles. The molecular weight excluding hydrogens is 248 g/mol. The highest BCUT2D eigenvalue weighted by Crippen LogP contribution is 2.25. The Morgan fingerprint density at radius 1 is 1.42 bits per heavy atom. The lowest BCUT2D eigenvalue weighted by molar-refractivity contribution is -0.384. The first-order valence-electron chi connectivity index (χ1n) is 5.81. The second kappa shape index (κ2) is 5.05. The smallest absolute Gasteiger partial charge is 0.312 e. The Labute approximate surface area is 110 Å². The number of ether oxygens (including phenoxy) is 1. The highest BCUT2D eigenvalue weighted by atomic mass is 16.6. The van der Waals surface area contributed by atoms with E-state index in [4.69, 9.17) is 4.74 Å². The molecule has 0 amide bonds. The molecule has 0 saturated carbocycles. The van der Waals surface area contributed by atoms with Crippen LogP contribution in [-0.4, -0.2) is 26.6 Å². The fourth-order valence-electron chi connectivity index (χ4n) is 1.84. The van der Waals surface area contributed by atoms with E-state index < -0.39 is 4.92 Å². The van der Waals surface area contributed by atoms with Crippen LogP contribution in [0.5, 0.6) is 5.88 Å². The van der Waals surface area contributed by atoms with Gasteiger partial charge in [-0.15, -0.1) is 0 Å². The SMILES string of the molecule is CCc1nc(C)cn1-c1nc(OC)ccc1[N+](=O)[O-]. The summed E-state index contributed by atoms with van der Waals surface area (Å²) in [4.78, 5) is 19.1. The van der Waals surface area contributed by atoms with Gasteiger partial charge in [-0.05, 0) is 6.92 Å². The molecule has 0 radical (unpaired) electrons. The Hall–Kier alpha value is -2.44. The second-order valence-corrected chi connectivity index (χ2v) is 3.98. The Morgan fingerprint density at radius 2 is 2.16 bits per heavy atom. The molecule has 2 aromatic heterocycles. The molecule has 0 aliphatic rings. The Bertz CT molecular complexity index is 621. The number of aryl methyl sites for hydroxylation is 2. The van der Waals surface area contributed by atoms with E-state index in [2.05, 4.69) is 9.97 Å². The van der Waals surface area contributed by atoms with Crippen molar-refractivity contribution in [2.24, 2.45) is 0 Å². The van der Waals surface area contributed by atoms with Gasteiger partial charge < -0.3 is 4.74 Å². The minimum atomic E-state index is -0.462. The Morgan fingerprint density at radius 3 is 2.74 bits per heavy atom. The molecule has 0 spiro atoms. The lowest BCUT2D eigenvalue weighted by atomic mass is 10.3. The summed E-state index contributed by atoms with van der Waals surface area (Å²) in [6, 6.07) is 2.85. The summed E-state index contributed by atoms with van der Waals surface area (Å²) in [5, 5.41) is 11.1. The zero-order valence-corrected chi connectivity index (χ0v) is 11.0. The van der Waals surface area contributed by atoms with Gasteiger partial charge in [0.15, 0.2) is 0 Å². The minimum Gasteiger partial charge on any atom is -0.481 e. The van der Waals surface area contributed by atoms with Crippen molar-refractivity contribution in [1.82, 2.24) is 14.5 Å². The number of aromatic nitrogens is 3. The number of hydrogen-bond acceptors (Lipinski definition) is 5. The molecule has 0 atom stereocenters. The number of pyridine rings is 1. The Balaban J connectivity index is 2.67. The van der Waals surface area contributed by atoms with Crippen LogP contribution in [-0.2, 0) is 6.42 Å². The zero-order chi connectivity index (χ0) is 14.0. The number of imidazole rings is 1. The van der Waals surface area contributed by atoms with Crippen LogP contribution in [0.3, 0.4) is 0 Å². The van der Waals surface area contributed by atoms with E-state index in [0.29, 0.717) is 12.3 Å². The normalized spacial score (nSPS) is 10.5. The van der Waals surface area contributed by atoms with Crippen LogP contribution >= 0.6 is 0 Å². The summed E-state index contributed by atoms with van der Waals surface area (Å²) in [7, 11) is 1.47. The van der Waals surface area contributed by atoms with E-state index in [0.717, 1.165) is 11.5 Å². The molecule has 100 valence electrons. The third-order valence-corrected chi connectivity index (χ3v) is 2.68. The molecule has 2 heterocycles. The molecule has 19 heavy (non-hydrogen) atoms. The molecule has 0 fully saturated rings. The van der Waals surface area contributed by atoms with Crippen molar-refractivity contribution in [3.05, 3.63) is 40.0 Å². The zero-order valence-electron chi connectivity index (χ0n) is 11.0. The molecule has 0 saturated heterocycles. The van der Waals surface area contributed by atoms with Gasteiger partial charge in [0.1, 0.15) is 5.82 Å². The summed E-state index contributed by atoms with van der Waals surface area (Å²) >= 11 is 0. The average molecular weight is 262 g/mol. The number of nitrogens with zero attached hydrogens (tertiary/aromatic N) is 4. The molecule has 0 unspecified atom stereocenters. The molecule has 7 nitrogen and oxygen atoms in total. The summed E-state index contributed by atoms with van der Waals surface area (Å²) in [6.07, 6.45) is 2.39. The number of hydrogen-bond donors (Lipinski definition) is 0. The standard InChI is InChI=1S/C12H14N4O3/c1-4-10-13-8(2)7-15(10)12-9(16(17)18)5-6-11(14-12)19-3/h5-7H,4H2,1-3H3. The molecule has 0 aromatic carbocycles. The van der Waals surface area contributed by atoms with Crippen molar-refractivity contribution in [1.29, 1.82) is 0 Å². The highest BCUT2D eigenvalue weighted by molar-refractivity contribution is 5.49. The second-order valence-electron chi connectivity index (χ2n) is 3.98. The number of rotatable bonds is 4. The first-order valence-corrected chi connectivity index (χ1v) is 5.81. The molecule has 7 heteroatoms. The fraction of sp³-hybridized carbons (Fsp3) is 0.333. The Kier molecular flexibility index (Phi) is 3.46. The number of nitro groups is 1. The largest absolute Gasteiger partial charge is 0.481 e. The van der Waals surface area contributed by atoms with Crippen LogP contribution in [0.25, 0.3) is 5.82 Å². The number of methoxy groups -OCH3 is 1. The van der Waals surface area contributed by atoms with Gasteiger partial charge in [-0.25, -0.2) is 4.98 Å². The van der Waals surface area contributed by atoms with E-state index >= 15 is 0 Å². The van der Waals surface area contributed by atoms with E-state index in [1.807, 2.05) is 13.8 Å². The van der Waals surface area contributed by atoms with Gasteiger partial charge in [0.05, 0.1) is 17.7 Å². The van der Waals surface area contributed by atoms with Gasteiger partial charge in [0.25, 0.3) is 0 Å². The minimum absolute atomic E-state index is 0.0760. The van der Waals surface area contributed by atoms with Crippen LogP contribution in [0.1, 0.15) is 18.4 Å². The van der Waals surface area contributed by atoms with Crippen LogP contribution < -0.4 is 4.74 Å². The first-order chi connectivity index (χ1) is 9.06. The van der Waals surface area contributed by atoms with Gasteiger partial charge in [-0.3, -0.25) is 14.7 Å². The monoisotopic (exact) mass is 262 g/mol. The molecule has 0 N–H and O–H groups in total. The lowest BCUT2D eigenvalue weighted by Gasteiger charge is -2.07. The predicted molar refractivity (Wildman–Crippen MR) is 68.7 cm³/mol. The summed E-state index contributed by atoms with van der Waals surface area (Å²) < 4.78 is 6.66. The van der Waals surface area contributed by atoms with Gasteiger partial charge in [-0.1, -0.05) is 6.92 Å². The van der Waals surface area contributed by atoms with Gasteiger partial charge in [0, 0.05) is 24.8 Å². The summed E-state index contributed by atoms with van der Waals surface area (Å²) in [6.45, 7) is 3.77. The molecule has 0 aliphatic heterocycles. The van der Waals surface area contributed by atoms with Gasteiger partial charge in [0.2, 0.25) is 11.7 Å². The van der Waals surface area contributed by atoms with Crippen LogP contribution in [0, 0.1) is 17.0 Å².